The molecule has 1 aromatic heterocycles. The molecule has 0 radical (unpaired) electrons. The fourth-order valence-electron chi connectivity index (χ4n) is 2.63. The maximum absolute atomic E-state index is 11.2. The summed E-state index contributed by atoms with van der Waals surface area (Å²) in [6.07, 6.45) is 0. The number of benzene rings is 2. The zero-order chi connectivity index (χ0) is 19.2. The molecule has 5 nitrogen and oxygen atoms in total. The number of pyridine rings is 1. The van der Waals surface area contributed by atoms with Gasteiger partial charge in [0, 0.05) is 11.1 Å². The fraction of sp³-hybridized carbons (Fsp3) is 0.0952. The van der Waals surface area contributed by atoms with E-state index in [2.05, 4.69) is 11.1 Å². The van der Waals surface area contributed by atoms with Crippen molar-refractivity contribution in [2.24, 2.45) is 5.73 Å². The van der Waals surface area contributed by atoms with Crippen LogP contribution >= 0.6 is 11.8 Å². The van der Waals surface area contributed by atoms with E-state index < -0.39 is 5.91 Å². The molecule has 0 atom stereocenters. The van der Waals surface area contributed by atoms with E-state index in [0.29, 0.717) is 10.6 Å². The first-order valence-electron chi connectivity index (χ1n) is 8.18. The number of nitrogens with two attached hydrogens (primary N) is 1. The molecule has 134 valence electrons. The summed E-state index contributed by atoms with van der Waals surface area (Å²) in [7, 11) is 1.61. The van der Waals surface area contributed by atoms with Crippen LogP contribution in [0.15, 0.2) is 65.7 Å². The molecule has 3 rings (SSSR count). The molecule has 0 unspecified atom stereocenters. The number of ether oxygens (including phenoxy) is 1. The second-order valence-corrected chi connectivity index (χ2v) is 6.66. The molecule has 1 amide bonds. The number of hydrogen-bond donors (Lipinski definition) is 1. The number of primary amides is 1. The summed E-state index contributed by atoms with van der Waals surface area (Å²) in [4.78, 5) is 15.8. The molecule has 0 aliphatic heterocycles. The van der Waals surface area contributed by atoms with Crippen LogP contribution in [0.4, 0.5) is 0 Å². The molecule has 1 heterocycles. The van der Waals surface area contributed by atoms with Crippen molar-refractivity contribution in [2.45, 2.75) is 5.03 Å². The Morgan fingerprint density at radius 1 is 1.15 bits per heavy atom. The summed E-state index contributed by atoms with van der Waals surface area (Å²) in [5, 5.41) is 10.2. The van der Waals surface area contributed by atoms with Gasteiger partial charge in [0.25, 0.3) is 0 Å². The number of nitrogens with zero attached hydrogens (tertiary/aromatic N) is 2. The zero-order valence-electron chi connectivity index (χ0n) is 14.7. The zero-order valence-corrected chi connectivity index (χ0v) is 15.5. The maximum atomic E-state index is 11.2. The van der Waals surface area contributed by atoms with Crippen molar-refractivity contribution in [2.75, 3.05) is 12.9 Å². The molecule has 0 fully saturated rings. The molecule has 6 heteroatoms. The van der Waals surface area contributed by atoms with E-state index in [9.17, 15) is 10.1 Å². The maximum Gasteiger partial charge on any atom is 0.227 e. The lowest BCUT2D eigenvalue weighted by Crippen LogP contribution is -2.13. The van der Waals surface area contributed by atoms with Crippen LogP contribution in [0.3, 0.4) is 0 Å². The lowest BCUT2D eigenvalue weighted by atomic mass is 9.99. The molecule has 2 aromatic carbocycles. The van der Waals surface area contributed by atoms with Gasteiger partial charge >= 0.3 is 0 Å². The highest BCUT2D eigenvalue weighted by Crippen LogP contribution is 2.34. The van der Waals surface area contributed by atoms with Gasteiger partial charge in [0.2, 0.25) is 5.91 Å². The first kappa shape index (κ1) is 18.5. The van der Waals surface area contributed by atoms with E-state index in [1.807, 2.05) is 60.7 Å². The monoisotopic (exact) mass is 375 g/mol. The van der Waals surface area contributed by atoms with Crippen molar-refractivity contribution < 1.29 is 9.53 Å². The third-order valence-electron chi connectivity index (χ3n) is 3.92. The lowest BCUT2D eigenvalue weighted by molar-refractivity contribution is -0.115. The number of methoxy groups -OCH3 is 1. The van der Waals surface area contributed by atoms with E-state index in [-0.39, 0.29) is 5.75 Å². The molecule has 0 bridgehead atoms. The second-order valence-electron chi connectivity index (χ2n) is 5.70. The van der Waals surface area contributed by atoms with Gasteiger partial charge in [-0.05, 0) is 23.8 Å². The van der Waals surface area contributed by atoms with Gasteiger partial charge in [0.05, 0.1) is 24.1 Å². The number of nitriles is 1. The van der Waals surface area contributed by atoms with Gasteiger partial charge in [-0.1, -0.05) is 54.2 Å². The number of amides is 1. The Balaban J connectivity index is 2.18. The topological polar surface area (TPSA) is 89.0 Å². The van der Waals surface area contributed by atoms with Crippen molar-refractivity contribution in [1.29, 1.82) is 5.26 Å². The van der Waals surface area contributed by atoms with E-state index in [1.54, 1.807) is 7.11 Å². The number of hydrogen-bond acceptors (Lipinski definition) is 5. The Bertz CT molecular complexity index is 996. The fourth-order valence-corrected chi connectivity index (χ4v) is 3.37. The minimum Gasteiger partial charge on any atom is -0.497 e. The highest BCUT2D eigenvalue weighted by Gasteiger charge is 2.16. The molecule has 0 aliphatic rings. The van der Waals surface area contributed by atoms with Gasteiger partial charge in [-0.15, -0.1) is 0 Å². The van der Waals surface area contributed by atoms with E-state index in [0.717, 1.165) is 28.1 Å². The number of aromatic nitrogens is 1. The molecule has 0 saturated heterocycles. The van der Waals surface area contributed by atoms with Crippen LogP contribution in [-0.4, -0.2) is 23.8 Å². The summed E-state index contributed by atoms with van der Waals surface area (Å²) in [5.41, 5.74) is 8.98. The summed E-state index contributed by atoms with van der Waals surface area (Å²) in [5.74, 6) is 0.335. The average molecular weight is 375 g/mol. The van der Waals surface area contributed by atoms with Gasteiger partial charge in [0.1, 0.15) is 16.8 Å². The van der Waals surface area contributed by atoms with Crippen molar-refractivity contribution in [3.8, 4) is 34.2 Å². The first-order valence-corrected chi connectivity index (χ1v) is 9.17. The predicted molar refractivity (Wildman–Crippen MR) is 106 cm³/mol. The predicted octanol–water partition coefficient (Wildman–Crippen LogP) is 3.87. The first-order chi connectivity index (χ1) is 13.1. The van der Waals surface area contributed by atoms with Gasteiger partial charge in [-0.3, -0.25) is 4.79 Å². The lowest BCUT2D eigenvalue weighted by Gasteiger charge is -2.12. The van der Waals surface area contributed by atoms with Crippen LogP contribution in [0.25, 0.3) is 22.4 Å². The van der Waals surface area contributed by atoms with Crippen LogP contribution in [0.2, 0.25) is 0 Å². The molecular weight excluding hydrogens is 358 g/mol. The molecule has 27 heavy (non-hydrogen) atoms. The molecule has 2 N–H and O–H groups in total. The van der Waals surface area contributed by atoms with Crippen molar-refractivity contribution in [1.82, 2.24) is 4.98 Å². The molecule has 0 saturated carbocycles. The summed E-state index contributed by atoms with van der Waals surface area (Å²) in [6, 6.07) is 21.3. The standard InChI is InChI=1S/C21H17N3O2S/c1-26-16-9-7-14(8-10-16)17-11-19(15-5-3-2-4-6-15)24-21(18(17)12-22)27-13-20(23)25/h2-11H,13H2,1H3,(H2,23,25). The summed E-state index contributed by atoms with van der Waals surface area (Å²) < 4.78 is 5.21. The van der Waals surface area contributed by atoms with Gasteiger partial charge < -0.3 is 10.5 Å². The van der Waals surface area contributed by atoms with Crippen LogP contribution in [0.5, 0.6) is 5.75 Å². The molecular formula is C21H17N3O2S. The number of carbonyl (C=O) groups is 1. The van der Waals surface area contributed by atoms with Gasteiger partial charge in [0.15, 0.2) is 0 Å². The Kier molecular flexibility index (Phi) is 5.74. The Morgan fingerprint density at radius 2 is 1.85 bits per heavy atom. The second kappa shape index (κ2) is 8.39. The van der Waals surface area contributed by atoms with E-state index >= 15 is 0 Å². The third-order valence-corrected chi connectivity index (χ3v) is 4.92. The Labute approximate surface area is 161 Å². The highest BCUT2D eigenvalue weighted by atomic mass is 32.2. The van der Waals surface area contributed by atoms with E-state index in [1.165, 1.54) is 11.8 Å². The quantitative estimate of drug-likeness (QED) is 0.661. The largest absolute Gasteiger partial charge is 0.497 e. The molecule has 3 aromatic rings. The number of thioether (sulfide) groups is 1. The Morgan fingerprint density at radius 3 is 2.44 bits per heavy atom. The molecule has 0 aliphatic carbocycles. The third kappa shape index (κ3) is 4.27. The summed E-state index contributed by atoms with van der Waals surface area (Å²) >= 11 is 1.17. The van der Waals surface area contributed by atoms with Crippen LogP contribution in [-0.2, 0) is 4.79 Å². The minimum atomic E-state index is -0.457. The SMILES string of the molecule is COc1ccc(-c2cc(-c3ccccc3)nc(SCC(N)=O)c2C#N)cc1. The van der Waals surface area contributed by atoms with Gasteiger partial charge in [-0.25, -0.2) is 4.98 Å². The smallest absolute Gasteiger partial charge is 0.227 e. The Hall–Kier alpha value is -3.30. The van der Waals surface area contributed by atoms with Crippen LogP contribution in [0.1, 0.15) is 5.56 Å². The van der Waals surface area contributed by atoms with Crippen molar-refractivity contribution in [3.63, 3.8) is 0 Å². The summed E-state index contributed by atoms with van der Waals surface area (Å²) in [6.45, 7) is 0. The number of rotatable bonds is 6. The minimum absolute atomic E-state index is 0.0575. The average Bonchev–Trinajstić information content (AvgIpc) is 2.72. The van der Waals surface area contributed by atoms with Crippen molar-refractivity contribution >= 4 is 17.7 Å². The normalized spacial score (nSPS) is 10.2. The number of carbonyl (C=O) groups excluding carboxylic acids is 1. The van der Waals surface area contributed by atoms with Crippen molar-refractivity contribution in [3.05, 3.63) is 66.2 Å². The van der Waals surface area contributed by atoms with E-state index in [4.69, 9.17) is 10.5 Å². The van der Waals surface area contributed by atoms with Gasteiger partial charge in [-0.2, -0.15) is 5.26 Å². The van der Waals surface area contributed by atoms with Crippen LogP contribution in [0, 0.1) is 11.3 Å². The highest BCUT2D eigenvalue weighted by molar-refractivity contribution is 8.00. The van der Waals surface area contributed by atoms with Crippen LogP contribution < -0.4 is 10.5 Å². The molecule has 0 spiro atoms.